The molecule has 0 bridgehead atoms. The third-order valence-electron chi connectivity index (χ3n) is 3.52. The van der Waals surface area contributed by atoms with Crippen LogP contribution in [0.1, 0.15) is 41.9 Å². The van der Waals surface area contributed by atoms with Crippen molar-refractivity contribution in [3.8, 4) is 0 Å². The number of hydrogen-bond acceptors (Lipinski definition) is 2. The number of nitrogens with zero attached hydrogens (tertiary/aromatic N) is 2. The van der Waals surface area contributed by atoms with Crippen molar-refractivity contribution in [3.05, 3.63) is 52.8 Å². The lowest BCUT2D eigenvalue weighted by Crippen LogP contribution is -2.26. The molecule has 21 heavy (non-hydrogen) atoms. The third-order valence-corrected chi connectivity index (χ3v) is 3.52. The zero-order valence-electron chi connectivity index (χ0n) is 13.2. The van der Waals surface area contributed by atoms with Crippen LogP contribution in [0.4, 0.5) is 0 Å². The average Bonchev–Trinajstić information content (AvgIpc) is 2.75. The summed E-state index contributed by atoms with van der Waals surface area (Å²) in [6.07, 6.45) is 0.438. The first-order chi connectivity index (χ1) is 9.95. The lowest BCUT2D eigenvalue weighted by molar-refractivity contribution is -0.122. The molecular weight excluding hydrogens is 262 g/mol. The Morgan fingerprint density at radius 2 is 2.05 bits per heavy atom. The Morgan fingerprint density at radius 1 is 1.29 bits per heavy atom. The van der Waals surface area contributed by atoms with Crippen LogP contribution in [0.3, 0.4) is 0 Å². The fraction of sp³-hybridized carbons (Fsp3) is 0.412. The van der Waals surface area contributed by atoms with Crippen LogP contribution in [0.25, 0.3) is 0 Å². The predicted molar refractivity (Wildman–Crippen MR) is 84.1 cm³/mol. The molecule has 0 aliphatic carbocycles. The van der Waals surface area contributed by atoms with E-state index in [1.165, 1.54) is 5.56 Å². The molecule has 2 rings (SSSR count). The molecule has 1 heterocycles. The summed E-state index contributed by atoms with van der Waals surface area (Å²) in [5, 5.41) is 7.40. The van der Waals surface area contributed by atoms with Gasteiger partial charge in [0.1, 0.15) is 0 Å². The number of carbonyl (C=O) groups excluding carboxylic acids is 1. The van der Waals surface area contributed by atoms with E-state index < -0.39 is 0 Å². The zero-order valence-corrected chi connectivity index (χ0v) is 13.2. The molecule has 0 aliphatic heterocycles. The highest BCUT2D eigenvalue weighted by Crippen LogP contribution is 2.14. The van der Waals surface area contributed by atoms with Crippen LogP contribution in [0, 0.1) is 20.8 Å². The van der Waals surface area contributed by atoms with Crippen LogP contribution < -0.4 is 5.32 Å². The summed E-state index contributed by atoms with van der Waals surface area (Å²) >= 11 is 0. The summed E-state index contributed by atoms with van der Waals surface area (Å²) in [7, 11) is 0. The van der Waals surface area contributed by atoms with E-state index in [1.54, 1.807) is 0 Å². The van der Waals surface area contributed by atoms with Crippen molar-refractivity contribution in [2.75, 3.05) is 0 Å². The van der Waals surface area contributed by atoms with Crippen LogP contribution in [0.5, 0.6) is 0 Å². The maximum Gasteiger partial charge on any atom is 0.222 e. The van der Waals surface area contributed by atoms with Crippen molar-refractivity contribution < 1.29 is 4.79 Å². The quantitative estimate of drug-likeness (QED) is 0.917. The molecule has 2 aromatic rings. The van der Waals surface area contributed by atoms with Gasteiger partial charge in [-0.3, -0.25) is 9.48 Å². The van der Waals surface area contributed by atoms with E-state index in [-0.39, 0.29) is 11.9 Å². The van der Waals surface area contributed by atoms with Gasteiger partial charge >= 0.3 is 0 Å². The van der Waals surface area contributed by atoms with Crippen LogP contribution >= 0.6 is 0 Å². The van der Waals surface area contributed by atoms with E-state index in [0.29, 0.717) is 13.0 Å². The van der Waals surface area contributed by atoms with Crippen molar-refractivity contribution in [2.45, 2.75) is 46.7 Å². The zero-order chi connectivity index (χ0) is 15.4. The van der Waals surface area contributed by atoms with Gasteiger partial charge in [0.05, 0.1) is 11.7 Å². The first-order valence-electron chi connectivity index (χ1n) is 7.30. The SMILES string of the molecule is Cc1cccc(CNC(=O)C[C@@H](C)n2nc(C)cc2C)c1. The predicted octanol–water partition coefficient (Wildman–Crippen LogP) is 3.08. The van der Waals surface area contributed by atoms with Gasteiger partial charge in [0, 0.05) is 18.7 Å². The average molecular weight is 285 g/mol. The molecule has 4 nitrogen and oxygen atoms in total. The number of aryl methyl sites for hydroxylation is 3. The van der Waals surface area contributed by atoms with Crippen molar-refractivity contribution in [1.82, 2.24) is 15.1 Å². The summed E-state index contributed by atoms with van der Waals surface area (Å²) in [6.45, 7) is 8.63. The minimum absolute atomic E-state index is 0.0524. The molecule has 0 fully saturated rings. The third kappa shape index (κ3) is 4.18. The number of amides is 1. The van der Waals surface area contributed by atoms with Crippen molar-refractivity contribution in [3.63, 3.8) is 0 Å². The van der Waals surface area contributed by atoms with E-state index in [4.69, 9.17) is 0 Å². The molecule has 0 unspecified atom stereocenters. The van der Waals surface area contributed by atoms with E-state index in [0.717, 1.165) is 17.0 Å². The number of nitrogens with one attached hydrogen (secondary N) is 1. The Hall–Kier alpha value is -2.10. The molecule has 0 radical (unpaired) electrons. The van der Waals surface area contributed by atoms with E-state index in [1.807, 2.05) is 43.7 Å². The molecule has 0 saturated carbocycles. The first-order valence-corrected chi connectivity index (χ1v) is 7.30. The van der Waals surface area contributed by atoms with Gasteiger partial charge in [-0.05, 0) is 39.3 Å². The number of carbonyl (C=O) groups is 1. The van der Waals surface area contributed by atoms with Gasteiger partial charge in [-0.2, -0.15) is 5.10 Å². The second-order valence-corrected chi connectivity index (χ2v) is 5.69. The molecule has 1 atom stereocenters. The second-order valence-electron chi connectivity index (χ2n) is 5.69. The lowest BCUT2D eigenvalue weighted by Gasteiger charge is -2.14. The van der Waals surface area contributed by atoms with Crippen molar-refractivity contribution >= 4 is 5.91 Å². The maximum atomic E-state index is 12.1. The number of hydrogen-bond donors (Lipinski definition) is 1. The van der Waals surface area contributed by atoms with E-state index in [9.17, 15) is 4.79 Å². The van der Waals surface area contributed by atoms with Crippen molar-refractivity contribution in [1.29, 1.82) is 0 Å². The molecule has 1 amide bonds. The smallest absolute Gasteiger partial charge is 0.222 e. The second kappa shape index (κ2) is 6.57. The molecule has 4 heteroatoms. The van der Waals surface area contributed by atoms with Gasteiger partial charge in [-0.15, -0.1) is 0 Å². The minimum atomic E-state index is 0.0524. The van der Waals surface area contributed by atoms with Crippen LogP contribution in [0.15, 0.2) is 30.3 Å². The van der Waals surface area contributed by atoms with Gasteiger partial charge in [0.15, 0.2) is 0 Å². The highest BCUT2D eigenvalue weighted by molar-refractivity contribution is 5.76. The maximum absolute atomic E-state index is 12.1. The fourth-order valence-electron chi connectivity index (χ4n) is 2.54. The van der Waals surface area contributed by atoms with Gasteiger partial charge in [0.25, 0.3) is 0 Å². The lowest BCUT2D eigenvalue weighted by atomic mass is 10.1. The molecule has 1 N–H and O–H groups in total. The van der Waals surface area contributed by atoms with Crippen molar-refractivity contribution in [2.24, 2.45) is 0 Å². The van der Waals surface area contributed by atoms with Gasteiger partial charge in [-0.1, -0.05) is 29.8 Å². The largest absolute Gasteiger partial charge is 0.352 e. The van der Waals surface area contributed by atoms with Crippen LogP contribution in [0.2, 0.25) is 0 Å². The molecular formula is C17H23N3O. The fourth-order valence-corrected chi connectivity index (χ4v) is 2.54. The monoisotopic (exact) mass is 285 g/mol. The van der Waals surface area contributed by atoms with Gasteiger partial charge < -0.3 is 5.32 Å². The normalized spacial score (nSPS) is 12.2. The van der Waals surface area contributed by atoms with Gasteiger partial charge in [-0.25, -0.2) is 0 Å². The standard InChI is InChI=1S/C17H23N3O/c1-12-6-5-7-16(8-12)11-18-17(21)10-15(4)20-14(3)9-13(2)19-20/h5-9,15H,10-11H2,1-4H3,(H,18,21)/t15-/m1/s1. The summed E-state index contributed by atoms with van der Waals surface area (Å²) in [5.74, 6) is 0.0524. The van der Waals surface area contributed by atoms with Crippen LogP contribution in [-0.4, -0.2) is 15.7 Å². The summed E-state index contributed by atoms with van der Waals surface area (Å²) in [5.41, 5.74) is 4.41. The van der Waals surface area contributed by atoms with Crippen LogP contribution in [-0.2, 0) is 11.3 Å². The molecule has 0 spiro atoms. The number of aromatic nitrogens is 2. The summed E-state index contributed by atoms with van der Waals surface area (Å²) < 4.78 is 1.92. The summed E-state index contributed by atoms with van der Waals surface area (Å²) in [4.78, 5) is 12.1. The molecule has 0 saturated heterocycles. The Bertz CT molecular complexity index is 631. The highest BCUT2D eigenvalue weighted by Gasteiger charge is 2.13. The first kappa shape index (κ1) is 15.3. The Labute approximate surface area is 126 Å². The molecule has 0 aliphatic rings. The highest BCUT2D eigenvalue weighted by atomic mass is 16.1. The molecule has 1 aromatic heterocycles. The summed E-state index contributed by atoms with van der Waals surface area (Å²) in [6, 6.07) is 10.3. The Morgan fingerprint density at radius 3 is 2.67 bits per heavy atom. The molecule has 1 aromatic carbocycles. The number of rotatable bonds is 5. The number of benzene rings is 1. The van der Waals surface area contributed by atoms with Gasteiger partial charge in [0.2, 0.25) is 5.91 Å². The Balaban J connectivity index is 1.88. The van der Waals surface area contributed by atoms with E-state index >= 15 is 0 Å². The minimum Gasteiger partial charge on any atom is -0.352 e. The topological polar surface area (TPSA) is 46.9 Å². The van der Waals surface area contributed by atoms with E-state index in [2.05, 4.69) is 29.5 Å². The Kier molecular flexibility index (Phi) is 4.78. The molecule has 112 valence electrons.